The number of aliphatic imine (C=N–C) groups is 1. The van der Waals surface area contributed by atoms with Crippen molar-refractivity contribution in [1.29, 1.82) is 0 Å². The van der Waals surface area contributed by atoms with Crippen LogP contribution in [0.5, 0.6) is 0 Å². The molecule has 0 aromatic heterocycles. The van der Waals surface area contributed by atoms with E-state index in [-0.39, 0.29) is 0 Å². The summed E-state index contributed by atoms with van der Waals surface area (Å²) in [6, 6.07) is 10.5. The van der Waals surface area contributed by atoms with Gasteiger partial charge in [0.15, 0.2) is 5.96 Å². The average Bonchev–Trinajstić information content (AvgIpc) is 2.44. The zero-order valence-corrected chi connectivity index (χ0v) is 11.6. The van der Waals surface area contributed by atoms with Crippen molar-refractivity contribution in [2.45, 2.75) is 13.3 Å². The van der Waals surface area contributed by atoms with Crippen molar-refractivity contribution in [3.63, 3.8) is 0 Å². The average molecular weight is 248 g/mol. The lowest BCUT2D eigenvalue weighted by Crippen LogP contribution is -2.36. The SMILES string of the molecule is CCN(CCCNC(=NC)NC)c1ccccc1. The Morgan fingerprint density at radius 1 is 1.28 bits per heavy atom. The van der Waals surface area contributed by atoms with Crippen LogP contribution < -0.4 is 15.5 Å². The Kier molecular flexibility index (Phi) is 6.69. The first kappa shape index (κ1) is 14.4. The van der Waals surface area contributed by atoms with Crippen molar-refractivity contribution >= 4 is 11.6 Å². The lowest BCUT2D eigenvalue weighted by atomic mass is 10.2. The molecule has 1 rings (SSSR count). The quantitative estimate of drug-likeness (QED) is 0.457. The van der Waals surface area contributed by atoms with Gasteiger partial charge >= 0.3 is 0 Å². The number of nitrogens with one attached hydrogen (secondary N) is 2. The first-order valence-corrected chi connectivity index (χ1v) is 6.50. The van der Waals surface area contributed by atoms with E-state index in [9.17, 15) is 0 Å². The van der Waals surface area contributed by atoms with Crippen LogP contribution in [-0.2, 0) is 0 Å². The van der Waals surface area contributed by atoms with Gasteiger partial charge in [0.25, 0.3) is 0 Å². The first-order valence-electron chi connectivity index (χ1n) is 6.50. The molecule has 0 amide bonds. The number of nitrogens with zero attached hydrogens (tertiary/aromatic N) is 2. The van der Waals surface area contributed by atoms with Crippen LogP contribution in [0.3, 0.4) is 0 Å². The Balaban J connectivity index is 2.33. The van der Waals surface area contributed by atoms with Crippen LogP contribution in [0.4, 0.5) is 5.69 Å². The highest BCUT2D eigenvalue weighted by Gasteiger charge is 2.02. The second kappa shape index (κ2) is 8.39. The molecule has 0 atom stereocenters. The van der Waals surface area contributed by atoms with E-state index >= 15 is 0 Å². The van der Waals surface area contributed by atoms with E-state index < -0.39 is 0 Å². The highest BCUT2D eigenvalue weighted by atomic mass is 15.2. The van der Waals surface area contributed by atoms with Crippen LogP contribution in [-0.4, -0.2) is 39.7 Å². The number of anilines is 1. The summed E-state index contributed by atoms with van der Waals surface area (Å²) in [5, 5.41) is 6.27. The molecule has 0 aliphatic carbocycles. The lowest BCUT2D eigenvalue weighted by molar-refractivity contribution is 0.716. The van der Waals surface area contributed by atoms with E-state index in [0.717, 1.165) is 32.0 Å². The Hall–Kier alpha value is -1.71. The van der Waals surface area contributed by atoms with Crippen molar-refractivity contribution in [1.82, 2.24) is 10.6 Å². The molecule has 0 spiro atoms. The molecule has 0 saturated heterocycles. The summed E-state index contributed by atoms with van der Waals surface area (Å²) in [5.41, 5.74) is 1.29. The topological polar surface area (TPSA) is 39.7 Å². The van der Waals surface area contributed by atoms with Crippen LogP contribution in [0, 0.1) is 0 Å². The molecule has 1 aromatic carbocycles. The monoisotopic (exact) mass is 248 g/mol. The minimum atomic E-state index is 0.845. The largest absolute Gasteiger partial charge is 0.372 e. The molecule has 0 fully saturated rings. The number of hydrogen-bond donors (Lipinski definition) is 2. The normalized spacial score (nSPS) is 11.2. The summed E-state index contributed by atoms with van der Waals surface area (Å²) in [6.07, 6.45) is 1.09. The van der Waals surface area contributed by atoms with Gasteiger partial charge in [-0.1, -0.05) is 18.2 Å². The van der Waals surface area contributed by atoms with Crippen molar-refractivity contribution in [2.75, 3.05) is 38.6 Å². The fraction of sp³-hybridized carbons (Fsp3) is 0.500. The van der Waals surface area contributed by atoms with Crippen molar-refractivity contribution in [3.05, 3.63) is 30.3 Å². The van der Waals surface area contributed by atoms with E-state index in [4.69, 9.17) is 0 Å². The smallest absolute Gasteiger partial charge is 0.190 e. The van der Waals surface area contributed by atoms with Gasteiger partial charge in [0.05, 0.1) is 0 Å². The Morgan fingerprint density at radius 2 is 2.00 bits per heavy atom. The van der Waals surface area contributed by atoms with Crippen molar-refractivity contribution < 1.29 is 0 Å². The molecule has 0 saturated carbocycles. The zero-order chi connectivity index (χ0) is 13.2. The second-order valence-corrected chi connectivity index (χ2v) is 4.02. The summed E-state index contributed by atoms with van der Waals surface area (Å²) < 4.78 is 0. The lowest BCUT2D eigenvalue weighted by Gasteiger charge is -2.23. The van der Waals surface area contributed by atoms with Crippen LogP contribution in [0.25, 0.3) is 0 Å². The van der Waals surface area contributed by atoms with Gasteiger partial charge in [-0.05, 0) is 25.5 Å². The van der Waals surface area contributed by atoms with Gasteiger partial charge in [0.1, 0.15) is 0 Å². The van der Waals surface area contributed by atoms with Gasteiger partial charge in [0.2, 0.25) is 0 Å². The zero-order valence-electron chi connectivity index (χ0n) is 11.6. The number of benzene rings is 1. The summed E-state index contributed by atoms with van der Waals surface area (Å²) in [4.78, 5) is 6.46. The summed E-state index contributed by atoms with van der Waals surface area (Å²) in [5.74, 6) is 0.845. The van der Waals surface area contributed by atoms with E-state index in [1.165, 1.54) is 5.69 Å². The van der Waals surface area contributed by atoms with Gasteiger partial charge in [-0.2, -0.15) is 0 Å². The van der Waals surface area contributed by atoms with Gasteiger partial charge in [-0.15, -0.1) is 0 Å². The van der Waals surface area contributed by atoms with Crippen molar-refractivity contribution in [2.24, 2.45) is 4.99 Å². The fourth-order valence-electron chi connectivity index (χ4n) is 1.86. The molecule has 4 nitrogen and oxygen atoms in total. The molecule has 0 aliphatic heterocycles. The summed E-state index contributed by atoms with van der Waals surface area (Å²) in [7, 11) is 3.65. The Labute approximate surface area is 110 Å². The molecule has 0 heterocycles. The minimum absolute atomic E-state index is 0.845. The number of guanidine groups is 1. The highest BCUT2D eigenvalue weighted by molar-refractivity contribution is 5.79. The molecule has 18 heavy (non-hydrogen) atoms. The standard InChI is InChI=1S/C14H24N4/c1-4-18(13-9-6-5-7-10-13)12-8-11-17-14(15-2)16-3/h5-7,9-10H,4,8,11-12H2,1-3H3,(H2,15,16,17). The predicted molar refractivity (Wildman–Crippen MR) is 79.4 cm³/mol. The highest BCUT2D eigenvalue weighted by Crippen LogP contribution is 2.12. The van der Waals surface area contributed by atoms with Crippen LogP contribution in [0.15, 0.2) is 35.3 Å². The molecule has 0 radical (unpaired) electrons. The molecule has 4 heteroatoms. The summed E-state index contributed by atoms with van der Waals surface area (Å²) in [6.45, 7) is 5.20. The maximum Gasteiger partial charge on any atom is 0.190 e. The van der Waals surface area contributed by atoms with Crippen LogP contribution >= 0.6 is 0 Å². The first-order chi connectivity index (χ1) is 8.81. The van der Waals surface area contributed by atoms with Gasteiger partial charge < -0.3 is 15.5 Å². The van der Waals surface area contributed by atoms with E-state index in [0.29, 0.717) is 0 Å². The van der Waals surface area contributed by atoms with Crippen LogP contribution in [0.1, 0.15) is 13.3 Å². The van der Waals surface area contributed by atoms with E-state index in [2.05, 4.69) is 57.8 Å². The van der Waals surface area contributed by atoms with Gasteiger partial charge in [0, 0.05) is 39.4 Å². The third-order valence-electron chi connectivity index (χ3n) is 2.86. The molecule has 0 aliphatic rings. The predicted octanol–water partition coefficient (Wildman–Crippen LogP) is 1.70. The number of para-hydroxylation sites is 1. The minimum Gasteiger partial charge on any atom is -0.372 e. The molecule has 0 unspecified atom stereocenters. The fourth-order valence-corrected chi connectivity index (χ4v) is 1.86. The molecule has 100 valence electrons. The number of rotatable bonds is 6. The molecule has 2 N–H and O–H groups in total. The van der Waals surface area contributed by atoms with Crippen LogP contribution in [0.2, 0.25) is 0 Å². The molecule has 1 aromatic rings. The Morgan fingerprint density at radius 3 is 2.56 bits per heavy atom. The maximum atomic E-state index is 4.08. The maximum absolute atomic E-state index is 4.08. The summed E-state index contributed by atoms with van der Waals surface area (Å²) >= 11 is 0. The Bertz CT molecular complexity index is 348. The van der Waals surface area contributed by atoms with E-state index in [1.807, 2.05) is 7.05 Å². The second-order valence-electron chi connectivity index (χ2n) is 4.02. The molecule has 0 bridgehead atoms. The van der Waals surface area contributed by atoms with Gasteiger partial charge in [-0.25, -0.2) is 0 Å². The number of hydrogen-bond acceptors (Lipinski definition) is 2. The van der Waals surface area contributed by atoms with Gasteiger partial charge in [-0.3, -0.25) is 4.99 Å². The third-order valence-corrected chi connectivity index (χ3v) is 2.86. The molecular formula is C14H24N4. The molecular weight excluding hydrogens is 224 g/mol. The van der Waals surface area contributed by atoms with E-state index in [1.54, 1.807) is 7.05 Å². The third kappa shape index (κ3) is 4.65. The van der Waals surface area contributed by atoms with Crippen molar-refractivity contribution in [3.8, 4) is 0 Å².